The van der Waals surface area contributed by atoms with Crippen LogP contribution in [0.5, 0.6) is 0 Å². The number of thiocarbonyl (C=S) groups is 1. The van der Waals surface area contributed by atoms with Crippen molar-refractivity contribution in [2.45, 2.75) is 26.6 Å². The van der Waals surface area contributed by atoms with E-state index in [0.29, 0.717) is 18.5 Å². The minimum atomic E-state index is 0.143. The van der Waals surface area contributed by atoms with E-state index < -0.39 is 0 Å². The Kier molecular flexibility index (Phi) is 5.71. The molecule has 21 heavy (non-hydrogen) atoms. The van der Waals surface area contributed by atoms with E-state index >= 15 is 0 Å². The van der Waals surface area contributed by atoms with Crippen LogP contribution in [-0.2, 0) is 11.5 Å². The van der Waals surface area contributed by atoms with Crippen LogP contribution in [0.2, 0.25) is 0 Å². The van der Waals surface area contributed by atoms with Gasteiger partial charge in [-0.15, -0.1) is 0 Å². The molecule has 0 fully saturated rings. The lowest BCUT2D eigenvalue weighted by molar-refractivity contribution is 0.0792. The number of hydrogen-bond acceptors (Lipinski definition) is 3. The SMILES string of the molecule is CCOCn1cc(NC(=S)NC(C)c2ccccc2)cn1. The van der Waals surface area contributed by atoms with Crippen LogP contribution in [-0.4, -0.2) is 21.5 Å². The molecule has 0 radical (unpaired) electrons. The van der Waals surface area contributed by atoms with Gasteiger partial charge < -0.3 is 15.4 Å². The molecule has 1 atom stereocenters. The monoisotopic (exact) mass is 304 g/mol. The summed E-state index contributed by atoms with van der Waals surface area (Å²) in [5.41, 5.74) is 2.03. The zero-order valence-electron chi connectivity index (χ0n) is 12.2. The molecule has 1 aromatic carbocycles. The van der Waals surface area contributed by atoms with Crippen molar-refractivity contribution in [2.24, 2.45) is 0 Å². The van der Waals surface area contributed by atoms with Crippen molar-refractivity contribution in [1.29, 1.82) is 0 Å². The molecule has 2 N–H and O–H groups in total. The fraction of sp³-hybridized carbons (Fsp3) is 0.333. The molecule has 1 aromatic heterocycles. The Balaban J connectivity index is 1.85. The largest absolute Gasteiger partial charge is 0.360 e. The first-order valence-corrected chi connectivity index (χ1v) is 7.32. The maximum Gasteiger partial charge on any atom is 0.171 e. The summed E-state index contributed by atoms with van der Waals surface area (Å²) in [5, 5.41) is 11.1. The first-order chi connectivity index (χ1) is 10.2. The summed E-state index contributed by atoms with van der Waals surface area (Å²) in [5.74, 6) is 0. The minimum absolute atomic E-state index is 0.143. The van der Waals surface area contributed by atoms with Gasteiger partial charge in [-0.25, -0.2) is 4.68 Å². The second-order valence-electron chi connectivity index (χ2n) is 4.62. The van der Waals surface area contributed by atoms with Crippen LogP contribution in [0, 0.1) is 0 Å². The third-order valence-corrected chi connectivity index (χ3v) is 3.19. The van der Waals surface area contributed by atoms with Crippen molar-refractivity contribution in [2.75, 3.05) is 11.9 Å². The van der Waals surface area contributed by atoms with Crippen LogP contribution in [0.15, 0.2) is 42.7 Å². The van der Waals surface area contributed by atoms with Crippen molar-refractivity contribution in [3.8, 4) is 0 Å². The third-order valence-electron chi connectivity index (χ3n) is 2.97. The lowest BCUT2D eigenvalue weighted by Crippen LogP contribution is -2.30. The number of rotatable bonds is 6. The number of ether oxygens (including phenoxy) is 1. The minimum Gasteiger partial charge on any atom is -0.360 e. The van der Waals surface area contributed by atoms with Crippen LogP contribution in [0.4, 0.5) is 5.69 Å². The summed E-state index contributed by atoms with van der Waals surface area (Å²) in [4.78, 5) is 0. The van der Waals surface area contributed by atoms with Gasteiger partial charge in [-0.1, -0.05) is 30.3 Å². The van der Waals surface area contributed by atoms with Gasteiger partial charge in [0.15, 0.2) is 5.11 Å². The topological polar surface area (TPSA) is 51.1 Å². The van der Waals surface area contributed by atoms with Crippen molar-refractivity contribution in [1.82, 2.24) is 15.1 Å². The van der Waals surface area contributed by atoms with Gasteiger partial charge >= 0.3 is 0 Å². The molecule has 112 valence electrons. The Labute approximate surface area is 130 Å². The fourth-order valence-corrected chi connectivity index (χ4v) is 2.17. The molecular weight excluding hydrogens is 284 g/mol. The van der Waals surface area contributed by atoms with E-state index in [1.54, 1.807) is 10.9 Å². The highest BCUT2D eigenvalue weighted by molar-refractivity contribution is 7.80. The van der Waals surface area contributed by atoms with Crippen LogP contribution < -0.4 is 10.6 Å². The summed E-state index contributed by atoms with van der Waals surface area (Å²) in [6.45, 7) is 5.13. The lowest BCUT2D eigenvalue weighted by atomic mass is 10.1. The summed E-state index contributed by atoms with van der Waals surface area (Å²) in [6, 6.07) is 10.3. The number of aromatic nitrogens is 2. The second kappa shape index (κ2) is 7.75. The normalized spacial score (nSPS) is 11.9. The van der Waals surface area contributed by atoms with Crippen molar-refractivity contribution < 1.29 is 4.74 Å². The van der Waals surface area contributed by atoms with E-state index in [1.165, 1.54) is 5.56 Å². The molecular formula is C15H20N4OS. The summed E-state index contributed by atoms with van der Waals surface area (Å²) in [6.07, 6.45) is 3.58. The quantitative estimate of drug-likeness (QED) is 0.804. The lowest BCUT2D eigenvalue weighted by Gasteiger charge is -2.16. The Morgan fingerprint density at radius 1 is 1.38 bits per heavy atom. The third kappa shape index (κ3) is 4.84. The summed E-state index contributed by atoms with van der Waals surface area (Å²) >= 11 is 5.32. The highest BCUT2D eigenvalue weighted by Crippen LogP contribution is 2.12. The van der Waals surface area contributed by atoms with Gasteiger partial charge in [-0.2, -0.15) is 5.10 Å². The maximum absolute atomic E-state index is 5.32. The van der Waals surface area contributed by atoms with Crippen molar-refractivity contribution in [3.05, 3.63) is 48.3 Å². The molecule has 0 aliphatic rings. The van der Waals surface area contributed by atoms with E-state index in [-0.39, 0.29) is 6.04 Å². The number of nitrogens with one attached hydrogen (secondary N) is 2. The molecule has 0 aliphatic heterocycles. The number of nitrogens with zero attached hydrogens (tertiary/aromatic N) is 2. The highest BCUT2D eigenvalue weighted by Gasteiger charge is 2.07. The molecule has 0 saturated carbocycles. The molecule has 0 spiro atoms. The van der Waals surface area contributed by atoms with E-state index in [9.17, 15) is 0 Å². The predicted molar refractivity (Wildman–Crippen MR) is 88.1 cm³/mol. The molecule has 1 heterocycles. The van der Waals surface area contributed by atoms with E-state index in [0.717, 1.165) is 5.69 Å². The molecule has 1 unspecified atom stereocenters. The molecule has 0 amide bonds. The van der Waals surface area contributed by atoms with Crippen molar-refractivity contribution in [3.63, 3.8) is 0 Å². The van der Waals surface area contributed by atoms with Crippen molar-refractivity contribution >= 4 is 23.0 Å². The van der Waals surface area contributed by atoms with Crippen LogP contribution in [0.3, 0.4) is 0 Å². The molecule has 5 nitrogen and oxygen atoms in total. The molecule has 6 heteroatoms. The average molecular weight is 304 g/mol. The van der Waals surface area contributed by atoms with Gasteiger partial charge in [0.05, 0.1) is 24.1 Å². The first kappa shape index (κ1) is 15.5. The molecule has 0 bridgehead atoms. The zero-order valence-corrected chi connectivity index (χ0v) is 13.1. The Bertz CT molecular complexity index is 570. The fourth-order valence-electron chi connectivity index (χ4n) is 1.87. The van der Waals surface area contributed by atoms with Gasteiger partial charge in [0, 0.05) is 6.61 Å². The zero-order chi connectivity index (χ0) is 15.1. The molecule has 2 aromatic rings. The number of anilines is 1. The summed E-state index contributed by atoms with van der Waals surface area (Å²) < 4.78 is 7.00. The van der Waals surface area contributed by atoms with Crippen LogP contribution >= 0.6 is 12.2 Å². The Morgan fingerprint density at radius 3 is 2.86 bits per heavy atom. The predicted octanol–water partition coefficient (Wildman–Crippen LogP) is 2.92. The smallest absolute Gasteiger partial charge is 0.171 e. The van der Waals surface area contributed by atoms with Gasteiger partial charge in [0.25, 0.3) is 0 Å². The van der Waals surface area contributed by atoms with Crippen LogP contribution in [0.1, 0.15) is 25.5 Å². The second-order valence-corrected chi connectivity index (χ2v) is 5.03. The Hall–Kier alpha value is -1.92. The molecule has 0 aliphatic carbocycles. The van der Waals surface area contributed by atoms with E-state index in [1.807, 2.05) is 31.3 Å². The van der Waals surface area contributed by atoms with Gasteiger partial charge in [0.2, 0.25) is 0 Å². The van der Waals surface area contributed by atoms with E-state index in [2.05, 4.69) is 34.8 Å². The standard InChI is InChI=1S/C15H20N4OS/c1-3-20-11-19-10-14(9-16-19)18-15(21)17-12(2)13-7-5-4-6-8-13/h4-10,12H,3,11H2,1-2H3,(H2,17,18,21). The van der Waals surface area contributed by atoms with Crippen LogP contribution in [0.25, 0.3) is 0 Å². The van der Waals surface area contributed by atoms with Gasteiger partial charge in [-0.3, -0.25) is 0 Å². The van der Waals surface area contributed by atoms with E-state index in [4.69, 9.17) is 17.0 Å². The van der Waals surface area contributed by atoms with Gasteiger partial charge in [0.1, 0.15) is 6.73 Å². The number of benzene rings is 1. The van der Waals surface area contributed by atoms with Gasteiger partial charge in [-0.05, 0) is 31.6 Å². The average Bonchev–Trinajstić information content (AvgIpc) is 2.93. The summed E-state index contributed by atoms with van der Waals surface area (Å²) in [7, 11) is 0. The maximum atomic E-state index is 5.32. The molecule has 0 saturated heterocycles. The Morgan fingerprint density at radius 2 is 2.14 bits per heavy atom. The first-order valence-electron chi connectivity index (χ1n) is 6.91. The molecule has 2 rings (SSSR count). The number of hydrogen-bond donors (Lipinski definition) is 2. The highest BCUT2D eigenvalue weighted by atomic mass is 32.1.